The molecule has 0 aliphatic carbocycles. The van der Waals surface area contributed by atoms with Gasteiger partial charge in [0, 0.05) is 36.1 Å². The third-order valence-corrected chi connectivity index (χ3v) is 7.52. The smallest absolute Gasteiger partial charge is 0.337 e. The van der Waals surface area contributed by atoms with Crippen molar-refractivity contribution >= 4 is 16.9 Å². The van der Waals surface area contributed by atoms with Crippen molar-refractivity contribution in [3.8, 4) is 22.6 Å². The van der Waals surface area contributed by atoms with Crippen LogP contribution in [0.2, 0.25) is 0 Å². The number of halogens is 1. The summed E-state index contributed by atoms with van der Waals surface area (Å²) in [5.74, 6) is 0.321. The third kappa shape index (κ3) is 4.98. The fraction of sp³-hybridized carbons (Fsp3) is 0.206. The molecule has 4 aromatic carbocycles. The van der Waals surface area contributed by atoms with E-state index in [0.29, 0.717) is 25.4 Å². The molecule has 0 amide bonds. The highest BCUT2D eigenvalue weighted by Gasteiger charge is 2.29. The van der Waals surface area contributed by atoms with E-state index in [1.165, 1.54) is 19.2 Å². The summed E-state index contributed by atoms with van der Waals surface area (Å²) < 4.78 is 33.4. The van der Waals surface area contributed by atoms with E-state index < -0.39 is 0 Å². The second kappa shape index (κ2) is 11.4. The molecule has 40 heavy (non-hydrogen) atoms. The lowest BCUT2D eigenvalue weighted by Gasteiger charge is -2.26. The molecule has 1 fully saturated rings. The standard InChI is InChI=1S/C34H30FNO4/c1-38-34(37)26-12-10-24(11-13-26)31-32-29(8-5-9-30(32)40-22-23-6-3-2-4-7-23)36(28-16-14-27(35)15-17-28)33(31)25-18-20-39-21-19-25/h2-17,25H,18-22H2,1H3. The monoisotopic (exact) mass is 535 g/mol. The molecule has 0 spiro atoms. The van der Waals surface area contributed by atoms with Gasteiger partial charge in [-0.05, 0) is 72.5 Å². The molecule has 6 heteroatoms. The zero-order valence-electron chi connectivity index (χ0n) is 22.3. The number of carbonyl (C=O) groups excluding carboxylic acids is 1. The second-order valence-corrected chi connectivity index (χ2v) is 9.95. The van der Waals surface area contributed by atoms with Crippen LogP contribution >= 0.6 is 0 Å². The first-order valence-electron chi connectivity index (χ1n) is 13.5. The van der Waals surface area contributed by atoms with Crippen LogP contribution < -0.4 is 4.74 Å². The number of carbonyl (C=O) groups is 1. The van der Waals surface area contributed by atoms with Crippen molar-refractivity contribution < 1.29 is 23.4 Å². The summed E-state index contributed by atoms with van der Waals surface area (Å²) in [5, 5.41) is 0.982. The lowest BCUT2D eigenvalue weighted by molar-refractivity contribution is 0.0600. The average Bonchev–Trinajstić information content (AvgIpc) is 3.37. The van der Waals surface area contributed by atoms with Crippen LogP contribution in [0.5, 0.6) is 5.75 Å². The Labute approximate surface area is 232 Å². The van der Waals surface area contributed by atoms with E-state index in [-0.39, 0.29) is 17.7 Å². The molecule has 1 aromatic heterocycles. The van der Waals surface area contributed by atoms with E-state index in [4.69, 9.17) is 14.2 Å². The van der Waals surface area contributed by atoms with E-state index in [9.17, 15) is 9.18 Å². The van der Waals surface area contributed by atoms with Crippen molar-refractivity contribution in [1.29, 1.82) is 0 Å². The first-order valence-corrected chi connectivity index (χ1v) is 13.5. The van der Waals surface area contributed by atoms with Gasteiger partial charge in [0.2, 0.25) is 0 Å². The molecule has 5 aromatic rings. The summed E-state index contributed by atoms with van der Waals surface area (Å²) in [6.07, 6.45) is 1.73. The molecule has 0 N–H and O–H groups in total. The zero-order valence-corrected chi connectivity index (χ0v) is 22.3. The maximum absolute atomic E-state index is 14.0. The van der Waals surface area contributed by atoms with E-state index in [1.807, 2.05) is 66.7 Å². The molecule has 2 heterocycles. The number of esters is 1. The molecule has 202 valence electrons. The summed E-state index contributed by atoms with van der Waals surface area (Å²) in [4.78, 5) is 12.2. The highest BCUT2D eigenvalue weighted by Crippen LogP contribution is 2.46. The summed E-state index contributed by atoms with van der Waals surface area (Å²) in [6, 6.07) is 30.3. The fourth-order valence-corrected chi connectivity index (χ4v) is 5.59. The van der Waals surface area contributed by atoms with Gasteiger partial charge in [0.25, 0.3) is 0 Å². The van der Waals surface area contributed by atoms with Gasteiger partial charge in [-0.2, -0.15) is 0 Å². The van der Waals surface area contributed by atoms with Gasteiger partial charge in [0.05, 0.1) is 23.6 Å². The maximum Gasteiger partial charge on any atom is 0.337 e. The Balaban J connectivity index is 1.61. The third-order valence-electron chi connectivity index (χ3n) is 7.52. The van der Waals surface area contributed by atoms with Crippen LogP contribution in [0.25, 0.3) is 27.7 Å². The van der Waals surface area contributed by atoms with E-state index >= 15 is 0 Å². The van der Waals surface area contributed by atoms with Crippen LogP contribution in [0, 0.1) is 5.82 Å². The van der Waals surface area contributed by atoms with Gasteiger partial charge >= 0.3 is 5.97 Å². The molecule has 0 bridgehead atoms. The molecule has 0 unspecified atom stereocenters. The molecular formula is C34H30FNO4. The molecular weight excluding hydrogens is 505 g/mol. The van der Waals surface area contributed by atoms with Gasteiger partial charge in [0.15, 0.2) is 0 Å². The number of methoxy groups -OCH3 is 1. The largest absolute Gasteiger partial charge is 0.488 e. The Morgan fingerprint density at radius 2 is 1.62 bits per heavy atom. The molecule has 0 radical (unpaired) electrons. The van der Waals surface area contributed by atoms with Gasteiger partial charge in [0.1, 0.15) is 18.2 Å². The Kier molecular flexibility index (Phi) is 7.34. The number of rotatable bonds is 7. The zero-order chi connectivity index (χ0) is 27.5. The Bertz CT molecular complexity index is 1620. The lowest BCUT2D eigenvalue weighted by Crippen LogP contribution is -2.17. The predicted octanol–water partition coefficient (Wildman–Crippen LogP) is 7.70. The maximum atomic E-state index is 14.0. The van der Waals surface area contributed by atoms with Gasteiger partial charge < -0.3 is 18.8 Å². The van der Waals surface area contributed by atoms with Crippen molar-refractivity contribution in [2.45, 2.75) is 25.4 Å². The molecule has 1 aliphatic rings. The predicted molar refractivity (Wildman–Crippen MR) is 154 cm³/mol. The van der Waals surface area contributed by atoms with Crippen LogP contribution in [0.3, 0.4) is 0 Å². The van der Waals surface area contributed by atoms with Crippen molar-refractivity contribution in [1.82, 2.24) is 4.57 Å². The van der Waals surface area contributed by atoms with Gasteiger partial charge in [-0.1, -0.05) is 48.5 Å². The number of benzene rings is 4. The Morgan fingerprint density at radius 3 is 2.33 bits per heavy atom. The van der Waals surface area contributed by atoms with Crippen molar-refractivity contribution in [2.24, 2.45) is 0 Å². The van der Waals surface area contributed by atoms with Crippen molar-refractivity contribution in [3.05, 3.63) is 120 Å². The molecule has 5 nitrogen and oxygen atoms in total. The quantitative estimate of drug-likeness (QED) is 0.201. The van der Waals surface area contributed by atoms with Gasteiger partial charge in [-0.3, -0.25) is 0 Å². The van der Waals surface area contributed by atoms with E-state index in [1.54, 1.807) is 12.1 Å². The van der Waals surface area contributed by atoms with Crippen LogP contribution in [0.1, 0.15) is 40.4 Å². The first kappa shape index (κ1) is 25.8. The highest BCUT2D eigenvalue weighted by molar-refractivity contribution is 6.04. The molecule has 1 aliphatic heterocycles. The average molecular weight is 536 g/mol. The topological polar surface area (TPSA) is 49.7 Å². The SMILES string of the molecule is COC(=O)c1ccc(-c2c(C3CCOCC3)n(-c3ccc(F)cc3)c3cccc(OCc4ccccc4)c23)cc1. The summed E-state index contributed by atoms with van der Waals surface area (Å²) in [5.41, 5.74) is 6.57. The Morgan fingerprint density at radius 1 is 0.900 bits per heavy atom. The minimum atomic E-state index is -0.378. The second-order valence-electron chi connectivity index (χ2n) is 9.95. The Hall–Kier alpha value is -4.42. The first-order chi connectivity index (χ1) is 19.6. The summed E-state index contributed by atoms with van der Waals surface area (Å²) >= 11 is 0. The van der Waals surface area contributed by atoms with Crippen LogP contribution in [-0.2, 0) is 16.1 Å². The van der Waals surface area contributed by atoms with Crippen molar-refractivity contribution in [2.75, 3.05) is 20.3 Å². The van der Waals surface area contributed by atoms with Crippen LogP contribution in [0.4, 0.5) is 4.39 Å². The van der Waals surface area contributed by atoms with Crippen molar-refractivity contribution in [3.63, 3.8) is 0 Å². The van der Waals surface area contributed by atoms with Gasteiger partial charge in [-0.15, -0.1) is 0 Å². The molecule has 1 saturated heterocycles. The van der Waals surface area contributed by atoms with Gasteiger partial charge in [-0.25, -0.2) is 9.18 Å². The molecule has 0 atom stereocenters. The number of nitrogens with zero attached hydrogens (tertiary/aromatic N) is 1. The lowest BCUT2D eigenvalue weighted by atomic mass is 9.89. The summed E-state index contributed by atoms with van der Waals surface area (Å²) in [6.45, 7) is 1.77. The van der Waals surface area contributed by atoms with Crippen LogP contribution in [0.15, 0.2) is 97.1 Å². The van der Waals surface area contributed by atoms with E-state index in [0.717, 1.165) is 57.6 Å². The minimum absolute atomic E-state index is 0.212. The number of aromatic nitrogens is 1. The highest BCUT2D eigenvalue weighted by atomic mass is 19.1. The van der Waals surface area contributed by atoms with E-state index in [2.05, 4.69) is 10.6 Å². The summed E-state index contributed by atoms with van der Waals surface area (Å²) in [7, 11) is 1.38. The molecule has 6 rings (SSSR count). The fourth-order valence-electron chi connectivity index (χ4n) is 5.59. The van der Waals surface area contributed by atoms with Crippen LogP contribution in [-0.4, -0.2) is 30.9 Å². The minimum Gasteiger partial charge on any atom is -0.488 e. The number of hydrogen-bond acceptors (Lipinski definition) is 4. The number of ether oxygens (including phenoxy) is 3. The molecule has 0 saturated carbocycles. The number of fused-ring (bicyclic) bond motifs is 1. The number of hydrogen-bond donors (Lipinski definition) is 0. The normalized spacial score (nSPS) is 13.8.